The molecule has 0 bridgehead atoms. The average Bonchev–Trinajstić information content (AvgIpc) is 3.21. The predicted molar refractivity (Wildman–Crippen MR) is 242 cm³/mol. The number of carbonyl (C=O) groups is 3. The van der Waals surface area contributed by atoms with E-state index in [-0.39, 0.29) is 31.6 Å². The highest BCUT2D eigenvalue weighted by atomic mass is 16.6. The number of rotatable bonds is 41. The third-order valence-corrected chi connectivity index (χ3v) is 9.68. The Morgan fingerprint density at radius 3 is 1.18 bits per heavy atom. The first kappa shape index (κ1) is 53.9. The van der Waals surface area contributed by atoms with Crippen molar-refractivity contribution in [2.75, 3.05) is 13.2 Å². The van der Waals surface area contributed by atoms with E-state index >= 15 is 0 Å². The molecule has 0 fully saturated rings. The summed E-state index contributed by atoms with van der Waals surface area (Å²) >= 11 is 0. The number of hydrogen-bond acceptors (Lipinski definition) is 6. The van der Waals surface area contributed by atoms with Crippen LogP contribution in [0.2, 0.25) is 0 Å². The van der Waals surface area contributed by atoms with E-state index in [0.29, 0.717) is 19.3 Å². The molecule has 0 aromatic heterocycles. The molecule has 0 aliphatic rings. The van der Waals surface area contributed by atoms with E-state index in [2.05, 4.69) is 81.5 Å². The van der Waals surface area contributed by atoms with E-state index in [0.717, 1.165) is 89.9 Å². The molecule has 57 heavy (non-hydrogen) atoms. The molecular formula is C51H86O6. The summed E-state index contributed by atoms with van der Waals surface area (Å²) in [4.78, 5) is 37.7. The Kier molecular flexibility index (Phi) is 43.0. The molecule has 0 aromatic rings. The summed E-state index contributed by atoms with van der Waals surface area (Å²) in [6.45, 7) is 6.39. The largest absolute Gasteiger partial charge is 0.462 e. The maximum Gasteiger partial charge on any atom is 0.306 e. The molecule has 0 N–H and O–H groups in total. The van der Waals surface area contributed by atoms with Gasteiger partial charge in [0.15, 0.2) is 6.10 Å². The second-order valence-corrected chi connectivity index (χ2v) is 15.3. The second-order valence-electron chi connectivity index (χ2n) is 15.3. The van der Waals surface area contributed by atoms with Crippen LogP contribution in [0.15, 0.2) is 72.9 Å². The van der Waals surface area contributed by atoms with E-state index in [4.69, 9.17) is 14.2 Å². The number of carbonyl (C=O) groups excluding carboxylic acids is 3. The van der Waals surface area contributed by atoms with E-state index in [1.54, 1.807) is 0 Å². The van der Waals surface area contributed by atoms with Crippen LogP contribution in [0.1, 0.15) is 213 Å². The van der Waals surface area contributed by atoms with E-state index in [9.17, 15) is 14.4 Å². The van der Waals surface area contributed by atoms with Gasteiger partial charge in [-0.3, -0.25) is 14.4 Å². The molecule has 6 nitrogen and oxygen atoms in total. The molecule has 0 saturated heterocycles. The molecular weight excluding hydrogens is 709 g/mol. The highest BCUT2D eigenvalue weighted by Crippen LogP contribution is 2.12. The highest BCUT2D eigenvalue weighted by Gasteiger charge is 2.19. The lowest BCUT2D eigenvalue weighted by molar-refractivity contribution is -0.166. The van der Waals surface area contributed by atoms with Gasteiger partial charge in [0.25, 0.3) is 0 Å². The summed E-state index contributed by atoms with van der Waals surface area (Å²) in [6.07, 6.45) is 56.1. The lowest BCUT2D eigenvalue weighted by atomic mass is 10.1. The van der Waals surface area contributed by atoms with Crippen molar-refractivity contribution in [2.45, 2.75) is 219 Å². The van der Waals surface area contributed by atoms with Crippen LogP contribution in [-0.4, -0.2) is 37.2 Å². The summed E-state index contributed by atoms with van der Waals surface area (Å²) in [5, 5.41) is 0. The van der Waals surface area contributed by atoms with Crippen molar-refractivity contribution in [3.05, 3.63) is 72.9 Å². The monoisotopic (exact) mass is 795 g/mol. The fourth-order valence-corrected chi connectivity index (χ4v) is 6.15. The molecule has 0 amide bonds. The average molecular weight is 795 g/mol. The van der Waals surface area contributed by atoms with Crippen molar-refractivity contribution in [1.29, 1.82) is 0 Å². The molecule has 0 spiro atoms. The van der Waals surface area contributed by atoms with Crippen molar-refractivity contribution in [1.82, 2.24) is 0 Å². The molecule has 0 heterocycles. The van der Waals surface area contributed by atoms with Gasteiger partial charge in [0.1, 0.15) is 13.2 Å². The zero-order valence-electron chi connectivity index (χ0n) is 37.1. The standard InChI is InChI=1S/C51H86O6/c1-4-7-10-13-16-19-22-25-27-29-32-35-38-41-44-50(53)56-47-48(46-55-49(52)43-40-37-34-31-28-24-21-18-15-12-9-6-3)57-51(54)45-42-39-36-33-30-26-23-20-17-14-11-8-5-2/h8,11,17-18,20-22,25-26,30,36,39,48H,4-7,9-10,12-16,19,23-24,27-29,31-35,37-38,40-47H2,1-3H3/b11-8-,20-17-,21-18-,25-22-,30-26-,39-36-. The zero-order chi connectivity index (χ0) is 41.5. The molecule has 0 aliphatic heterocycles. The first-order valence-corrected chi connectivity index (χ1v) is 23.4. The first-order valence-electron chi connectivity index (χ1n) is 23.4. The summed E-state index contributed by atoms with van der Waals surface area (Å²) in [7, 11) is 0. The molecule has 0 aliphatic carbocycles. The summed E-state index contributed by atoms with van der Waals surface area (Å²) in [6, 6.07) is 0. The Balaban J connectivity index is 4.50. The van der Waals surface area contributed by atoms with Gasteiger partial charge in [-0.15, -0.1) is 0 Å². The molecule has 0 aromatic carbocycles. The topological polar surface area (TPSA) is 78.9 Å². The molecule has 6 heteroatoms. The maximum absolute atomic E-state index is 12.7. The van der Waals surface area contributed by atoms with Gasteiger partial charge in [-0.2, -0.15) is 0 Å². The Bertz CT molecular complexity index is 1100. The Labute approximate surface area is 351 Å². The minimum atomic E-state index is -0.817. The van der Waals surface area contributed by atoms with E-state index < -0.39 is 12.1 Å². The number of unbranched alkanes of at least 4 members (excludes halogenated alkanes) is 18. The van der Waals surface area contributed by atoms with Crippen LogP contribution < -0.4 is 0 Å². The summed E-state index contributed by atoms with van der Waals surface area (Å²) < 4.78 is 16.6. The summed E-state index contributed by atoms with van der Waals surface area (Å²) in [5.74, 6) is -1.02. The minimum Gasteiger partial charge on any atom is -0.462 e. The zero-order valence-corrected chi connectivity index (χ0v) is 37.1. The fraction of sp³-hybridized carbons (Fsp3) is 0.706. The van der Waals surface area contributed by atoms with E-state index in [1.165, 1.54) is 77.0 Å². The Morgan fingerprint density at radius 2 is 0.719 bits per heavy atom. The van der Waals surface area contributed by atoms with Crippen LogP contribution in [0.5, 0.6) is 0 Å². The smallest absolute Gasteiger partial charge is 0.306 e. The third-order valence-electron chi connectivity index (χ3n) is 9.68. The third kappa shape index (κ3) is 43.8. The van der Waals surface area contributed by atoms with Crippen molar-refractivity contribution in [3.8, 4) is 0 Å². The molecule has 1 atom stereocenters. The number of allylic oxidation sites excluding steroid dienone is 12. The van der Waals surface area contributed by atoms with Crippen molar-refractivity contribution >= 4 is 17.9 Å². The lowest BCUT2D eigenvalue weighted by Gasteiger charge is -2.18. The SMILES string of the molecule is CC/C=C\C/C=C\C/C=C\C/C=C\CCC(=O)OC(COC(=O)CCCCCCC/C=C\CCCCC)COC(=O)CCCCCCC/C=C\CCCCCCC. The molecule has 0 rings (SSSR count). The molecule has 0 radical (unpaired) electrons. The Hall–Kier alpha value is -3.15. The van der Waals surface area contributed by atoms with Crippen molar-refractivity contribution < 1.29 is 28.6 Å². The second kappa shape index (κ2) is 45.6. The van der Waals surface area contributed by atoms with Crippen LogP contribution in [0.4, 0.5) is 0 Å². The molecule has 326 valence electrons. The van der Waals surface area contributed by atoms with Gasteiger partial charge in [-0.25, -0.2) is 0 Å². The first-order chi connectivity index (χ1) is 28.0. The van der Waals surface area contributed by atoms with Crippen LogP contribution >= 0.6 is 0 Å². The van der Waals surface area contributed by atoms with Crippen LogP contribution in [0, 0.1) is 0 Å². The molecule has 0 saturated carbocycles. The number of hydrogen-bond donors (Lipinski definition) is 0. The normalized spacial score (nSPS) is 12.7. The minimum absolute atomic E-state index is 0.111. The van der Waals surface area contributed by atoms with Gasteiger partial charge < -0.3 is 14.2 Å². The maximum atomic E-state index is 12.7. The van der Waals surface area contributed by atoms with E-state index in [1.807, 2.05) is 12.2 Å². The van der Waals surface area contributed by atoms with Crippen LogP contribution in [-0.2, 0) is 28.6 Å². The number of esters is 3. The quantitative estimate of drug-likeness (QED) is 0.0265. The van der Waals surface area contributed by atoms with Crippen LogP contribution in [0.25, 0.3) is 0 Å². The van der Waals surface area contributed by atoms with Gasteiger partial charge in [0.05, 0.1) is 0 Å². The van der Waals surface area contributed by atoms with Crippen molar-refractivity contribution in [2.24, 2.45) is 0 Å². The lowest BCUT2D eigenvalue weighted by Crippen LogP contribution is -2.30. The predicted octanol–water partition coefficient (Wildman–Crippen LogP) is 15.1. The van der Waals surface area contributed by atoms with Gasteiger partial charge in [0, 0.05) is 19.3 Å². The van der Waals surface area contributed by atoms with Gasteiger partial charge >= 0.3 is 17.9 Å². The highest BCUT2D eigenvalue weighted by molar-refractivity contribution is 5.71. The van der Waals surface area contributed by atoms with Crippen LogP contribution in [0.3, 0.4) is 0 Å². The fourth-order valence-electron chi connectivity index (χ4n) is 6.15. The number of ether oxygens (including phenoxy) is 3. The van der Waals surface area contributed by atoms with Gasteiger partial charge in [0.2, 0.25) is 0 Å². The van der Waals surface area contributed by atoms with Crippen molar-refractivity contribution in [3.63, 3.8) is 0 Å². The van der Waals surface area contributed by atoms with Gasteiger partial charge in [-0.1, -0.05) is 171 Å². The Morgan fingerprint density at radius 1 is 0.368 bits per heavy atom. The summed E-state index contributed by atoms with van der Waals surface area (Å²) in [5.41, 5.74) is 0. The molecule has 1 unspecified atom stereocenters. The van der Waals surface area contributed by atoms with Gasteiger partial charge in [-0.05, 0) is 96.3 Å².